The van der Waals surface area contributed by atoms with Crippen LogP contribution in [0.3, 0.4) is 0 Å². The molecule has 0 fully saturated rings. The number of aryl methyl sites for hydroxylation is 1. The summed E-state index contributed by atoms with van der Waals surface area (Å²) in [5.74, 6) is -0.319. The maximum absolute atomic E-state index is 13.2. The molecular weight excluding hydrogens is 373 g/mol. The number of halogens is 2. The van der Waals surface area contributed by atoms with Gasteiger partial charge in [-0.2, -0.15) is 10.2 Å². The van der Waals surface area contributed by atoms with Crippen molar-refractivity contribution in [2.75, 3.05) is 7.05 Å². The molecule has 7 nitrogen and oxygen atoms in total. The van der Waals surface area contributed by atoms with Crippen LogP contribution in [0.5, 0.6) is 5.75 Å². The van der Waals surface area contributed by atoms with Crippen molar-refractivity contribution in [2.45, 2.75) is 26.7 Å². The number of amides is 1. The summed E-state index contributed by atoms with van der Waals surface area (Å²) < 4.78 is 21.9. The highest BCUT2D eigenvalue weighted by atomic mass is 35.5. The Labute approximate surface area is 160 Å². The van der Waals surface area contributed by atoms with Gasteiger partial charge in [-0.3, -0.25) is 9.48 Å². The summed E-state index contributed by atoms with van der Waals surface area (Å²) in [7, 11) is 1.70. The number of benzene rings is 1. The molecular formula is C18H19ClFN5O2. The monoisotopic (exact) mass is 391 g/mol. The van der Waals surface area contributed by atoms with Crippen molar-refractivity contribution in [3.63, 3.8) is 0 Å². The van der Waals surface area contributed by atoms with Crippen molar-refractivity contribution in [1.82, 2.24) is 24.5 Å². The van der Waals surface area contributed by atoms with Crippen molar-refractivity contribution in [1.29, 1.82) is 0 Å². The molecule has 0 saturated carbocycles. The van der Waals surface area contributed by atoms with Gasteiger partial charge in [0.1, 0.15) is 11.6 Å². The molecule has 0 N–H and O–H groups in total. The van der Waals surface area contributed by atoms with E-state index in [1.807, 2.05) is 19.2 Å². The molecule has 0 aliphatic heterocycles. The van der Waals surface area contributed by atoms with E-state index >= 15 is 0 Å². The Morgan fingerprint density at radius 3 is 2.70 bits per heavy atom. The number of aromatic nitrogens is 4. The highest BCUT2D eigenvalue weighted by molar-refractivity contribution is 6.30. The van der Waals surface area contributed by atoms with Crippen LogP contribution in [0.25, 0.3) is 0 Å². The van der Waals surface area contributed by atoms with E-state index in [0.29, 0.717) is 18.0 Å². The van der Waals surface area contributed by atoms with Crippen LogP contribution in [-0.4, -0.2) is 37.4 Å². The third kappa shape index (κ3) is 4.65. The minimum atomic E-state index is -0.511. The summed E-state index contributed by atoms with van der Waals surface area (Å²) >= 11 is 5.72. The van der Waals surface area contributed by atoms with Crippen LogP contribution in [0.2, 0.25) is 5.02 Å². The minimum Gasteiger partial charge on any atom is -0.471 e. The molecule has 9 heteroatoms. The molecule has 1 amide bonds. The third-order valence-electron chi connectivity index (χ3n) is 3.88. The Kier molecular flexibility index (Phi) is 5.75. The fourth-order valence-corrected chi connectivity index (χ4v) is 2.60. The zero-order valence-electron chi connectivity index (χ0n) is 15.0. The third-order valence-corrected chi connectivity index (χ3v) is 4.17. The first-order chi connectivity index (χ1) is 13.0. The highest BCUT2D eigenvalue weighted by Gasteiger charge is 2.16. The highest BCUT2D eigenvalue weighted by Crippen LogP contribution is 2.21. The van der Waals surface area contributed by atoms with Crippen molar-refractivity contribution in [3.8, 4) is 5.75 Å². The SMILES string of the molecule is CCn1ccc(CN(C)C(=O)c2ccn(COc3ccc(F)c(Cl)c3)n2)n1. The normalized spacial score (nSPS) is 10.8. The lowest BCUT2D eigenvalue weighted by Crippen LogP contribution is -2.27. The van der Waals surface area contributed by atoms with Gasteiger partial charge < -0.3 is 9.64 Å². The summed E-state index contributed by atoms with van der Waals surface area (Å²) in [4.78, 5) is 14.1. The molecule has 3 aromatic rings. The standard InChI is InChI=1S/C18H19ClFN5O2/c1-3-24-8-6-13(21-24)11-23(2)18(26)17-7-9-25(22-17)12-27-14-4-5-16(20)15(19)10-14/h4-10H,3,11-12H2,1-2H3. The lowest BCUT2D eigenvalue weighted by Gasteiger charge is -2.14. The largest absolute Gasteiger partial charge is 0.471 e. The van der Waals surface area contributed by atoms with Crippen LogP contribution in [0.15, 0.2) is 42.7 Å². The average molecular weight is 392 g/mol. The fraction of sp³-hybridized carbons (Fsp3) is 0.278. The molecule has 142 valence electrons. The molecule has 27 heavy (non-hydrogen) atoms. The predicted molar refractivity (Wildman–Crippen MR) is 98.0 cm³/mol. The van der Waals surface area contributed by atoms with E-state index in [4.69, 9.17) is 16.3 Å². The Hall–Kier alpha value is -2.87. The van der Waals surface area contributed by atoms with E-state index in [1.54, 1.807) is 28.9 Å². The van der Waals surface area contributed by atoms with Gasteiger partial charge >= 0.3 is 0 Å². The molecule has 0 spiro atoms. The lowest BCUT2D eigenvalue weighted by molar-refractivity contribution is 0.0775. The van der Waals surface area contributed by atoms with Crippen molar-refractivity contribution >= 4 is 17.5 Å². The average Bonchev–Trinajstić information content (AvgIpc) is 3.31. The van der Waals surface area contributed by atoms with E-state index in [1.165, 1.54) is 22.9 Å². The first-order valence-corrected chi connectivity index (χ1v) is 8.73. The van der Waals surface area contributed by atoms with Gasteiger partial charge in [0.25, 0.3) is 5.91 Å². The number of hydrogen-bond donors (Lipinski definition) is 0. The Morgan fingerprint density at radius 2 is 2.00 bits per heavy atom. The Morgan fingerprint density at radius 1 is 1.22 bits per heavy atom. The number of ether oxygens (including phenoxy) is 1. The van der Waals surface area contributed by atoms with Gasteiger partial charge in [-0.15, -0.1) is 0 Å². The van der Waals surface area contributed by atoms with E-state index in [9.17, 15) is 9.18 Å². The summed E-state index contributed by atoms with van der Waals surface area (Å²) in [5.41, 5.74) is 1.11. The van der Waals surface area contributed by atoms with E-state index < -0.39 is 5.82 Å². The minimum absolute atomic E-state index is 0.0176. The molecule has 0 aliphatic rings. The van der Waals surface area contributed by atoms with Crippen LogP contribution in [0, 0.1) is 5.82 Å². The maximum atomic E-state index is 13.2. The molecule has 2 heterocycles. The van der Waals surface area contributed by atoms with Crippen LogP contribution in [0.4, 0.5) is 4.39 Å². The molecule has 0 aliphatic carbocycles. The smallest absolute Gasteiger partial charge is 0.274 e. The van der Waals surface area contributed by atoms with E-state index in [0.717, 1.165) is 12.2 Å². The molecule has 0 unspecified atom stereocenters. The van der Waals surface area contributed by atoms with Crippen molar-refractivity contribution in [3.05, 3.63) is 65.0 Å². The zero-order valence-corrected chi connectivity index (χ0v) is 15.7. The first-order valence-electron chi connectivity index (χ1n) is 8.35. The molecule has 0 radical (unpaired) electrons. The topological polar surface area (TPSA) is 65.2 Å². The fourth-order valence-electron chi connectivity index (χ4n) is 2.43. The number of hydrogen-bond acceptors (Lipinski definition) is 4. The van der Waals surface area contributed by atoms with Gasteiger partial charge in [0, 0.05) is 32.1 Å². The van der Waals surface area contributed by atoms with E-state index in [2.05, 4.69) is 10.2 Å². The van der Waals surface area contributed by atoms with E-state index in [-0.39, 0.29) is 17.7 Å². The van der Waals surface area contributed by atoms with Crippen LogP contribution < -0.4 is 4.74 Å². The predicted octanol–water partition coefficient (Wildman–Crippen LogP) is 3.20. The summed E-state index contributed by atoms with van der Waals surface area (Å²) in [6.45, 7) is 3.24. The van der Waals surface area contributed by atoms with Crippen LogP contribution in [0.1, 0.15) is 23.1 Å². The second-order valence-electron chi connectivity index (χ2n) is 5.91. The van der Waals surface area contributed by atoms with Gasteiger partial charge in [-0.05, 0) is 31.2 Å². The quantitative estimate of drug-likeness (QED) is 0.620. The number of nitrogens with zero attached hydrogens (tertiary/aromatic N) is 5. The first kappa shape index (κ1) is 18.9. The van der Waals surface area contributed by atoms with Crippen molar-refractivity contribution in [2.24, 2.45) is 0 Å². The maximum Gasteiger partial charge on any atom is 0.274 e. The summed E-state index contributed by atoms with van der Waals surface area (Å²) in [5, 5.41) is 8.57. The second-order valence-corrected chi connectivity index (χ2v) is 6.32. The van der Waals surface area contributed by atoms with Crippen LogP contribution in [-0.2, 0) is 19.8 Å². The molecule has 0 saturated heterocycles. The molecule has 0 bridgehead atoms. The number of carbonyl (C=O) groups excluding carboxylic acids is 1. The molecule has 0 atom stereocenters. The van der Waals surface area contributed by atoms with Crippen molar-refractivity contribution < 1.29 is 13.9 Å². The zero-order chi connectivity index (χ0) is 19.4. The van der Waals surface area contributed by atoms with Gasteiger partial charge in [0.05, 0.1) is 17.3 Å². The number of carbonyl (C=O) groups is 1. The van der Waals surface area contributed by atoms with Gasteiger partial charge in [-0.25, -0.2) is 9.07 Å². The Balaban J connectivity index is 1.58. The number of rotatable bonds is 7. The summed E-state index contributed by atoms with van der Waals surface area (Å²) in [6.07, 6.45) is 3.51. The van der Waals surface area contributed by atoms with Gasteiger partial charge in [0.2, 0.25) is 0 Å². The molecule has 2 aromatic heterocycles. The summed E-state index contributed by atoms with van der Waals surface area (Å²) in [6, 6.07) is 7.58. The Bertz CT molecular complexity index is 939. The van der Waals surface area contributed by atoms with Crippen LogP contribution >= 0.6 is 11.6 Å². The molecule has 1 aromatic carbocycles. The molecule has 3 rings (SSSR count). The second kappa shape index (κ2) is 8.22. The van der Waals surface area contributed by atoms with Gasteiger partial charge in [0.15, 0.2) is 12.4 Å². The van der Waals surface area contributed by atoms with Gasteiger partial charge in [-0.1, -0.05) is 11.6 Å². The lowest BCUT2D eigenvalue weighted by atomic mass is 10.3.